The molecule has 0 aliphatic heterocycles. The number of hydrogen-bond donors (Lipinski definition) is 0. The van der Waals surface area contributed by atoms with Gasteiger partial charge in [0.25, 0.3) is 0 Å². The molecule has 0 aromatic carbocycles. The third kappa shape index (κ3) is 5.84. The molecule has 86 valence electrons. The van der Waals surface area contributed by atoms with Gasteiger partial charge in [-0.2, -0.15) is 0 Å². The molecule has 0 saturated carbocycles. The molecule has 1 unspecified atom stereocenters. The van der Waals surface area contributed by atoms with E-state index < -0.39 is 0 Å². The monoisotopic (exact) mass is 226 g/mol. The van der Waals surface area contributed by atoms with Gasteiger partial charge in [0.15, 0.2) is 0 Å². The van der Waals surface area contributed by atoms with Gasteiger partial charge in [-0.1, -0.05) is 55.2 Å². The van der Waals surface area contributed by atoms with Crippen molar-refractivity contribution in [1.82, 2.24) is 0 Å². The Morgan fingerprint density at radius 1 is 1.20 bits per heavy atom. The molecule has 0 amide bonds. The molecule has 0 heterocycles. The van der Waals surface area contributed by atoms with Crippen LogP contribution in [0.2, 0.25) is 0 Å². The summed E-state index contributed by atoms with van der Waals surface area (Å²) in [5.41, 5.74) is 3.78. The Morgan fingerprint density at radius 3 is 2.13 bits per heavy atom. The summed E-state index contributed by atoms with van der Waals surface area (Å²) in [5.74, 6) is 0.549. The SMILES string of the molecule is CCC(C)/C=C(Cl)\C(C)=C/C(C)=C(C)C. The van der Waals surface area contributed by atoms with Gasteiger partial charge in [-0.05, 0) is 39.2 Å². The lowest BCUT2D eigenvalue weighted by molar-refractivity contribution is 0.696. The molecule has 0 spiro atoms. The van der Waals surface area contributed by atoms with Gasteiger partial charge in [0.05, 0.1) is 0 Å². The number of hydrogen-bond acceptors (Lipinski definition) is 0. The second kappa shape index (κ2) is 6.90. The van der Waals surface area contributed by atoms with Gasteiger partial charge in [0.1, 0.15) is 0 Å². The van der Waals surface area contributed by atoms with Gasteiger partial charge < -0.3 is 0 Å². The average Bonchev–Trinajstić information content (AvgIpc) is 2.16. The molecule has 0 aliphatic carbocycles. The Hall–Kier alpha value is -0.490. The van der Waals surface area contributed by atoms with Crippen molar-refractivity contribution in [2.45, 2.75) is 48.0 Å². The minimum absolute atomic E-state index is 0.549. The van der Waals surface area contributed by atoms with E-state index in [0.717, 1.165) is 17.0 Å². The molecule has 0 N–H and O–H groups in total. The first-order chi connectivity index (χ1) is 6.88. The zero-order valence-electron chi connectivity index (χ0n) is 10.8. The molecule has 1 heteroatoms. The van der Waals surface area contributed by atoms with E-state index in [1.165, 1.54) is 11.1 Å². The van der Waals surface area contributed by atoms with Crippen LogP contribution in [0.4, 0.5) is 0 Å². The van der Waals surface area contributed by atoms with Crippen LogP contribution in [0, 0.1) is 5.92 Å². The average molecular weight is 227 g/mol. The minimum atomic E-state index is 0.549. The third-order valence-corrected chi connectivity index (χ3v) is 3.10. The highest BCUT2D eigenvalue weighted by Crippen LogP contribution is 2.20. The van der Waals surface area contributed by atoms with Crippen LogP contribution in [0.1, 0.15) is 48.0 Å². The van der Waals surface area contributed by atoms with Crippen molar-refractivity contribution in [3.05, 3.63) is 33.9 Å². The van der Waals surface area contributed by atoms with E-state index in [1.54, 1.807) is 0 Å². The predicted octanol–water partition coefficient (Wildman–Crippen LogP) is 5.46. The van der Waals surface area contributed by atoms with Gasteiger partial charge in [-0.15, -0.1) is 0 Å². The summed E-state index contributed by atoms with van der Waals surface area (Å²) in [5, 5.41) is 0.880. The Labute approximate surface area is 99.7 Å². The topological polar surface area (TPSA) is 0 Å². The summed E-state index contributed by atoms with van der Waals surface area (Å²) in [6.07, 6.45) is 5.41. The van der Waals surface area contributed by atoms with Gasteiger partial charge >= 0.3 is 0 Å². The molecule has 0 nitrogen and oxygen atoms in total. The molecule has 0 aromatic heterocycles. The summed E-state index contributed by atoms with van der Waals surface area (Å²) < 4.78 is 0. The van der Waals surface area contributed by atoms with Crippen molar-refractivity contribution < 1.29 is 0 Å². The smallest absolute Gasteiger partial charge is 0.0398 e. The van der Waals surface area contributed by atoms with E-state index >= 15 is 0 Å². The van der Waals surface area contributed by atoms with Crippen LogP contribution in [0.25, 0.3) is 0 Å². The summed E-state index contributed by atoms with van der Waals surface area (Å²) in [6.45, 7) is 12.8. The molecule has 0 aliphatic rings. The minimum Gasteiger partial charge on any atom is -0.0844 e. The highest BCUT2D eigenvalue weighted by molar-refractivity contribution is 6.31. The van der Waals surface area contributed by atoms with Gasteiger partial charge in [-0.3, -0.25) is 0 Å². The van der Waals surface area contributed by atoms with Crippen LogP contribution in [-0.4, -0.2) is 0 Å². The standard InChI is InChI=1S/C14H23Cl/c1-7-11(4)8-14(15)13(6)9-12(5)10(2)3/h8-9,11H,7H2,1-6H3/b13-9-,14-8+. The van der Waals surface area contributed by atoms with Crippen molar-refractivity contribution in [3.8, 4) is 0 Å². The van der Waals surface area contributed by atoms with Crippen LogP contribution >= 0.6 is 11.6 Å². The van der Waals surface area contributed by atoms with Crippen molar-refractivity contribution >= 4 is 11.6 Å². The lowest BCUT2D eigenvalue weighted by atomic mass is 10.1. The second-order valence-corrected chi connectivity index (χ2v) is 4.82. The highest BCUT2D eigenvalue weighted by atomic mass is 35.5. The van der Waals surface area contributed by atoms with E-state index in [2.05, 4.69) is 53.7 Å². The van der Waals surface area contributed by atoms with Gasteiger partial charge in [-0.25, -0.2) is 0 Å². The summed E-state index contributed by atoms with van der Waals surface area (Å²) in [7, 11) is 0. The summed E-state index contributed by atoms with van der Waals surface area (Å²) in [6, 6.07) is 0. The third-order valence-electron chi connectivity index (χ3n) is 2.67. The van der Waals surface area contributed by atoms with Crippen LogP contribution in [0.3, 0.4) is 0 Å². The molecule has 1 atom stereocenters. The molecule has 15 heavy (non-hydrogen) atoms. The first-order valence-corrected chi connectivity index (χ1v) is 5.96. The number of rotatable bonds is 4. The van der Waals surface area contributed by atoms with Crippen molar-refractivity contribution in [3.63, 3.8) is 0 Å². The summed E-state index contributed by atoms with van der Waals surface area (Å²) in [4.78, 5) is 0. The molecule has 0 fully saturated rings. The van der Waals surface area contributed by atoms with Crippen LogP contribution in [0.5, 0.6) is 0 Å². The zero-order chi connectivity index (χ0) is 12.0. The lowest BCUT2D eigenvalue weighted by Crippen LogP contribution is -1.88. The Morgan fingerprint density at radius 2 is 1.73 bits per heavy atom. The predicted molar refractivity (Wildman–Crippen MR) is 71.2 cm³/mol. The fourth-order valence-corrected chi connectivity index (χ4v) is 1.31. The fraction of sp³-hybridized carbons (Fsp3) is 0.571. The number of allylic oxidation sites excluding steroid dienone is 6. The molecule has 0 saturated heterocycles. The maximum absolute atomic E-state index is 6.22. The van der Waals surface area contributed by atoms with Crippen LogP contribution in [-0.2, 0) is 0 Å². The first-order valence-electron chi connectivity index (χ1n) is 5.58. The molecule has 0 rings (SSSR count). The van der Waals surface area contributed by atoms with Crippen molar-refractivity contribution in [1.29, 1.82) is 0 Å². The van der Waals surface area contributed by atoms with E-state index in [1.807, 2.05) is 0 Å². The molecule has 0 bridgehead atoms. The Balaban J connectivity index is 4.79. The van der Waals surface area contributed by atoms with Gasteiger partial charge in [0, 0.05) is 5.03 Å². The van der Waals surface area contributed by atoms with Crippen LogP contribution < -0.4 is 0 Å². The van der Waals surface area contributed by atoms with Crippen molar-refractivity contribution in [2.75, 3.05) is 0 Å². The van der Waals surface area contributed by atoms with E-state index in [0.29, 0.717) is 5.92 Å². The number of halogens is 1. The summed E-state index contributed by atoms with van der Waals surface area (Å²) >= 11 is 6.22. The maximum atomic E-state index is 6.22. The van der Waals surface area contributed by atoms with Crippen molar-refractivity contribution in [2.24, 2.45) is 5.92 Å². The Kier molecular flexibility index (Phi) is 6.67. The largest absolute Gasteiger partial charge is 0.0844 e. The van der Waals surface area contributed by atoms with Crippen LogP contribution in [0.15, 0.2) is 33.9 Å². The van der Waals surface area contributed by atoms with E-state index in [4.69, 9.17) is 11.6 Å². The van der Waals surface area contributed by atoms with E-state index in [-0.39, 0.29) is 0 Å². The maximum Gasteiger partial charge on any atom is 0.0398 e. The zero-order valence-corrected chi connectivity index (χ0v) is 11.6. The first kappa shape index (κ1) is 14.5. The quantitative estimate of drug-likeness (QED) is 0.559. The van der Waals surface area contributed by atoms with E-state index in [9.17, 15) is 0 Å². The molecular weight excluding hydrogens is 204 g/mol. The molecule has 0 aromatic rings. The normalized spacial score (nSPS) is 15.1. The highest BCUT2D eigenvalue weighted by Gasteiger charge is 2.00. The molecule has 0 radical (unpaired) electrons. The second-order valence-electron chi connectivity index (χ2n) is 4.41. The molecular formula is C14H23Cl. The lowest BCUT2D eigenvalue weighted by Gasteiger charge is -2.05. The van der Waals surface area contributed by atoms with Gasteiger partial charge in [0.2, 0.25) is 0 Å². The fourth-order valence-electron chi connectivity index (χ4n) is 1.04. The Bertz CT molecular complexity index is 288.